The Morgan fingerprint density at radius 3 is 2.46 bits per heavy atom. The smallest absolute Gasteiger partial charge is 0.220 e. The summed E-state index contributed by atoms with van der Waals surface area (Å²) >= 11 is 0. The van der Waals surface area contributed by atoms with Crippen molar-refractivity contribution in [2.45, 2.75) is 141 Å². The van der Waals surface area contributed by atoms with Crippen LogP contribution in [-0.4, -0.2) is 58.7 Å². The molecule has 5 rings (SSSR count). The van der Waals surface area contributed by atoms with Crippen molar-refractivity contribution in [3.8, 4) is 0 Å². The van der Waals surface area contributed by atoms with E-state index in [1.165, 1.54) is 32.1 Å². The van der Waals surface area contributed by atoms with Crippen molar-refractivity contribution < 1.29 is 20.1 Å². The lowest BCUT2D eigenvalue weighted by Crippen LogP contribution is -2.62. The molecule has 0 radical (unpaired) electrons. The second-order valence-corrected chi connectivity index (χ2v) is 15.0. The van der Waals surface area contributed by atoms with Gasteiger partial charge in [0.1, 0.15) is 0 Å². The third-order valence-corrected chi connectivity index (χ3v) is 13.1. The minimum atomic E-state index is -0.362. The lowest BCUT2D eigenvalue weighted by atomic mass is 9.43. The zero-order valence-electron chi connectivity index (χ0n) is 25.0. The van der Waals surface area contributed by atoms with E-state index in [9.17, 15) is 20.1 Å². The molecule has 0 unspecified atom stereocenters. The maximum Gasteiger partial charge on any atom is 0.220 e. The zero-order chi connectivity index (χ0) is 27.8. The Hall–Kier alpha value is -0.690. The Kier molecular flexibility index (Phi) is 9.37. The first kappa shape index (κ1) is 29.8. The summed E-state index contributed by atoms with van der Waals surface area (Å²) < 4.78 is 0. The van der Waals surface area contributed by atoms with Crippen LogP contribution < -0.4 is 10.6 Å². The lowest BCUT2D eigenvalue weighted by Gasteiger charge is -2.63. The summed E-state index contributed by atoms with van der Waals surface area (Å²) in [6.45, 7) is 8.71. The topological polar surface area (TPSA) is 102 Å². The molecule has 5 saturated carbocycles. The fourth-order valence-electron chi connectivity index (χ4n) is 10.7. The highest BCUT2D eigenvalue weighted by atomic mass is 16.3. The van der Waals surface area contributed by atoms with Gasteiger partial charge in [-0.15, -0.1) is 0 Å². The summed E-state index contributed by atoms with van der Waals surface area (Å²) in [5.41, 5.74) is -0.0840. The molecule has 0 aliphatic heterocycles. The standard InChI is InChI=1S/C33H58N2O4/c1-21(10-13-30(39)35-17-7-16-34-23-8-5-4-6-9-23)25-11-12-26-31-27(20-29(38)33(25,26)3)32(2)15-14-24(36)18-22(32)19-28(31)37/h21-29,31,34,36-38H,4-20H2,1-3H3,(H,35,39)/t21-,22+,24-,25-,26+,27+,28-,29+,31+,32+,33-/m1/s1. The van der Waals surface area contributed by atoms with E-state index in [-0.39, 0.29) is 41.0 Å². The predicted molar refractivity (Wildman–Crippen MR) is 155 cm³/mol. The Morgan fingerprint density at radius 1 is 0.923 bits per heavy atom. The number of carbonyl (C=O) groups excluding carboxylic acids is 1. The van der Waals surface area contributed by atoms with Crippen LogP contribution in [0.15, 0.2) is 0 Å². The van der Waals surface area contributed by atoms with Crippen molar-refractivity contribution in [2.24, 2.45) is 46.3 Å². The molecule has 0 bridgehead atoms. The maximum absolute atomic E-state index is 12.6. The second kappa shape index (κ2) is 12.3. The number of hydrogen-bond donors (Lipinski definition) is 5. The van der Waals surface area contributed by atoms with Gasteiger partial charge in [0.25, 0.3) is 0 Å². The normalized spacial score (nSPS) is 45.2. The van der Waals surface area contributed by atoms with E-state index in [4.69, 9.17) is 0 Å². The van der Waals surface area contributed by atoms with Crippen LogP contribution in [0.5, 0.6) is 0 Å². The van der Waals surface area contributed by atoms with Crippen LogP contribution in [-0.2, 0) is 4.79 Å². The van der Waals surface area contributed by atoms with E-state index in [1.807, 2.05) is 0 Å². The van der Waals surface area contributed by atoms with Gasteiger partial charge in [0, 0.05) is 19.0 Å². The zero-order valence-corrected chi connectivity index (χ0v) is 25.0. The van der Waals surface area contributed by atoms with E-state index in [0.29, 0.717) is 42.1 Å². The van der Waals surface area contributed by atoms with Gasteiger partial charge in [-0.25, -0.2) is 0 Å². The van der Waals surface area contributed by atoms with Gasteiger partial charge in [-0.3, -0.25) is 4.79 Å². The van der Waals surface area contributed by atoms with Gasteiger partial charge in [0.2, 0.25) is 5.91 Å². The van der Waals surface area contributed by atoms with Crippen LogP contribution >= 0.6 is 0 Å². The van der Waals surface area contributed by atoms with Crippen LogP contribution in [0.1, 0.15) is 117 Å². The van der Waals surface area contributed by atoms with Crippen LogP contribution in [0.25, 0.3) is 0 Å². The molecule has 5 aliphatic carbocycles. The molecule has 224 valence electrons. The molecule has 6 heteroatoms. The molecule has 1 amide bonds. The van der Waals surface area contributed by atoms with Gasteiger partial charge in [-0.05, 0) is 124 Å². The molecule has 0 aromatic rings. The summed E-state index contributed by atoms with van der Waals surface area (Å²) in [5.74, 6) is 2.19. The molecule has 5 N–H and O–H groups in total. The molecule has 5 fully saturated rings. The minimum absolute atomic E-state index is 0.110. The monoisotopic (exact) mass is 546 g/mol. The number of amides is 1. The number of aliphatic hydroxyl groups excluding tert-OH is 3. The largest absolute Gasteiger partial charge is 0.393 e. The fraction of sp³-hybridized carbons (Fsp3) is 0.970. The van der Waals surface area contributed by atoms with Gasteiger partial charge in [0.05, 0.1) is 18.3 Å². The number of nitrogens with one attached hydrogen (secondary N) is 2. The van der Waals surface area contributed by atoms with Crippen molar-refractivity contribution in [2.75, 3.05) is 13.1 Å². The molecule has 0 aromatic carbocycles. The van der Waals surface area contributed by atoms with Crippen LogP contribution in [0, 0.1) is 46.3 Å². The van der Waals surface area contributed by atoms with Gasteiger partial charge in [0.15, 0.2) is 0 Å². The van der Waals surface area contributed by atoms with Crippen molar-refractivity contribution in [3.63, 3.8) is 0 Å². The van der Waals surface area contributed by atoms with Crippen molar-refractivity contribution >= 4 is 5.91 Å². The lowest BCUT2D eigenvalue weighted by molar-refractivity contribution is -0.207. The number of hydrogen-bond acceptors (Lipinski definition) is 5. The molecule has 0 spiro atoms. The van der Waals surface area contributed by atoms with Crippen LogP contribution in [0.2, 0.25) is 0 Å². The number of aliphatic hydroxyl groups is 3. The molecule has 0 saturated heterocycles. The first-order valence-electron chi connectivity index (χ1n) is 16.7. The third kappa shape index (κ3) is 5.83. The van der Waals surface area contributed by atoms with E-state index in [0.717, 1.165) is 70.9 Å². The molecule has 0 aromatic heterocycles. The predicted octanol–water partition coefficient (Wildman–Crippen LogP) is 4.79. The van der Waals surface area contributed by atoms with Crippen LogP contribution in [0.4, 0.5) is 0 Å². The summed E-state index contributed by atoms with van der Waals surface area (Å²) in [7, 11) is 0. The first-order valence-corrected chi connectivity index (χ1v) is 16.7. The Morgan fingerprint density at radius 2 is 1.69 bits per heavy atom. The summed E-state index contributed by atoms with van der Waals surface area (Å²) in [5, 5.41) is 40.4. The van der Waals surface area contributed by atoms with E-state index in [2.05, 4.69) is 31.4 Å². The van der Waals surface area contributed by atoms with Gasteiger partial charge >= 0.3 is 0 Å². The molecule has 6 nitrogen and oxygen atoms in total. The average molecular weight is 547 g/mol. The quantitative estimate of drug-likeness (QED) is 0.268. The summed E-state index contributed by atoms with van der Waals surface area (Å²) in [6.07, 6.45) is 14.5. The highest BCUT2D eigenvalue weighted by Gasteiger charge is 2.65. The SMILES string of the molecule is C[C@H](CCC(=O)NCCCNC1CCCCC1)[C@H]1CC[C@H]2[C@@H]3[C@H](O)C[C@@H]4C[C@H](O)CC[C@]4(C)[C@H]3C[C@H](O)[C@]12C. The fourth-order valence-corrected chi connectivity index (χ4v) is 10.7. The van der Waals surface area contributed by atoms with Crippen molar-refractivity contribution in [1.82, 2.24) is 10.6 Å². The van der Waals surface area contributed by atoms with E-state index in [1.54, 1.807) is 0 Å². The number of fused-ring (bicyclic) bond motifs is 5. The molecular weight excluding hydrogens is 488 g/mol. The Labute approximate surface area is 237 Å². The highest BCUT2D eigenvalue weighted by Crippen LogP contribution is 2.68. The minimum Gasteiger partial charge on any atom is -0.393 e. The van der Waals surface area contributed by atoms with E-state index < -0.39 is 0 Å². The van der Waals surface area contributed by atoms with Crippen molar-refractivity contribution in [1.29, 1.82) is 0 Å². The average Bonchev–Trinajstić information content (AvgIpc) is 3.28. The van der Waals surface area contributed by atoms with Gasteiger partial charge < -0.3 is 26.0 Å². The molecule has 39 heavy (non-hydrogen) atoms. The molecule has 11 atom stereocenters. The Bertz CT molecular complexity index is 833. The molecular formula is C33H58N2O4. The highest BCUT2D eigenvalue weighted by molar-refractivity contribution is 5.75. The Balaban J connectivity index is 1.12. The van der Waals surface area contributed by atoms with Gasteiger partial charge in [-0.2, -0.15) is 0 Å². The molecule has 5 aliphatic rings. The van der Waals surface area contributed by atoms with E-state index >= 15 is 0 Å². The molecule has 0 heterocycles. The summed E-state index contributed by atoms with van der Waals surface area (Å²) in [6, 6.07) is 0.673. The van der Waals surface area contributed by atoms with Crippen molar-refractivity contribution in [3.05, 3.63) is 0 Å². The first-order chi connectivity index (χ1) is 18.6. The number of carbonyl (C=O) groups is 1. The van der Waals surface area contributed by atoms with Crippen LogP contribution in [0.3, 0.4) is 0 Å². The third-order valence-electron chi connectivity index (χ3n) is 13.1. The summed E-state index contributed by atoms with van der Waals surface area (Å²) in [4.78, 5) is 12.6. The maximum atomic E-state index is 12.6. The number of rotatable bonds is 9. The van der Waals surface area contributed by atoms with Gasteiger partial charge in [-0.1, -0.05) is 40.0 Å². The second-order valence-electron chi connectivity index (χ2n) is 15.0.